The van der Waals surface area contributed by atoms with E-state index in [1.54, 1.807) is 0 Å². The lowest BCUT2D eigenvalue weighted by Gasteiger charge is -2.19. The molecule has 0 heterocycles. The largest absolute Gasteiger partial charge is 0.444 e. The molecule has 0 atom stereocenters. The van der Waals surface area contributed by atoms with Crippen LogP contribution in [0.25, 0.3) is 0 Å². The lowest BCUT2D eigenvalue weighted by molar-refractivity contribution is -0.111. The molecule has 0 aliphatic carbocycles. The summed E-state index contributed by atoms with van der Waals surface area (Å²) in [6.07, 6.45) is 1.93. The highest BCUT2D eigenvalue weighted by molar-refractivity contribution is 5.67. The zero-order valence-electron chi connectivity index (χ0n) is 10.2. The third-order valence-electron chi connectivity index (χ3n) is 1.57. The highest BCUT2D eigenvalue weighted by Crippen LogP contribution is 2.06. The number of alkyl carbamates (subject to hydrolysis) is 1. The van der Waals surface area contributed by atoms with Gasteiger partial charge in [0.05, 0.1) is 0 Å². The van der Waals surface area contributed by atoms with Crippen LogP contribution >= 0.6 is 0 Å². The first-order chi connectivity index (χ1) is 7.45. The first-order valence-corrected chi connectivity index (χ1v) is 5.44. The average Bonchev–Trinajstić information content (AvgIpc) is 2.13. The second-order valence-corrected chi connectivity index (χ2v) is 4.38. The molecule has 0 spiro atoms. The molecule has 0 aromatic carbocycles. The quantitative estimate of drug-likeness (QED) is 0.533. The number of aldehydes is 1. The fourth-order valence-corrected chi connectivity index (χ4v) is 0.965. The maximum atomic E-state index is 11.2. The maximum absolute atomic E-state index is 11.2. The summed E-state index contributed by atoms with van der Waals surface area (Å²) in [6.45, 7) is 6.69. The van der Waals surface area contributed by atoms with Gasteiger partial charge in [-0.1, -0.05) is 0 Å². The Hall–Kier alpha value is -1.10. The fraction of sp³-hybridized carbons (Fsp3) is 0.818. The van der Waals surface area contributed by atoms with E-state index in [4.69, 9.17) is 9.47 Å². The van der Waals surface area contributed by atoms with Crippen LogP contribution in [0, 0.1) is 0 Å². The Morgan fingerprint density at radius 2 is 2.00 bits per heavy atom. The van der Waals surface area contributed by atoms with Crippen molar-refractivity contribution < 1.29 is 19.1 Å². The van der Waals surface area contributed by atoms with Crippen molar-refractivity contribution in [3.05, 3.63) is 0 Å². The van der Waals surface area contributed by atoms with Crippen molar-refractivity contribution in [1.29, 1.82) is 0 Å². The van der Waals surface area contributed by atoms with Gasteiger partial charge in [0.25, 0.3) is 0 Å². The molecule has 0 aliphatic heterocycles. The molecule has 5 heteroatoms. The Kier molecular flexibility index (Phi) is 7.54. The van der Waals surface area contributed by atoms with Crippen molar-refractivity contribution in [3.63, 3.8) is 0 Å². The molecule has 0 saturated carbocycles. The average molecular weight is 231 g/mol. The first kappa shape index (κ1) is 14.9. The number of hydrogen-bond acceptors (Lipinski definition) is 4. The predicted molar refractivity (Wildman–Crippen MR) is 60.4 cm³/mol. The molecule has 0 aliphatic rings. The van der Waals surface area contributed by atoms with E-state index in [0.29, 0.717) is 13.2 Å². The monoisotopic (exact) mass is 231 g/mol. The minimum Gasteiger partial charge on any atom is -0.444 e. The molecule has 0 aromatic heterocycles. The standard InChI is InChI=1S/C11H21NO4/c1-11(2,3)16-10(14)12-6-4-5-8-15-9-7-13/h7H,4-6,8-9H2,1-3H3,(H,12,14). The highest BCUT2D eigenvalue weighted by atomic mass is 16.6. The van der Waals surface area contributed by atoms with Gasteiger partial charge in [-0.25, -0.2) is 4.79 Å². The summed E-state index contributed by atoms with van der Waals surface area (Å²) in [4.78, 5) is 21.1. The van der Waals surface area contributed by atoms with Crippen LogP contribution in [0.5, 0.6) is 0 Å². The number of rotatable bonds is 7. The van der Waals surface area contributed by atoms with Gasteiger partial charge in [-0.05, 0) is 33.6 Å². The van der Waals surface area contributed by atoms with Gasteiger partial charge in [-0.2, -0.15) is 0 Å². The molecule has 0 radical (unpaired) electrons. The smallest absolute Gasteiger partial charge is 0.407 e. The van der Waals surface area contributed by atoms with E-state index in [0.717, 1.165) is 19.1 Å². The van der Waals surface area contributed by atoms with Crippen LogP contribution in [0.2, 0.25) is 0 Å². The van der Waals surface area contributed by atoms with Gasteiger partial charge in [0, 0.05) is 13.2 Å². The Balaban J connectivity index is 3.31. The summed E-state index contributed by atoms with van der Waals surface area (Å²) < 4.78 is 10.0. The van der Waals surface area contributed by atoms with E-state index in [-0.39, 0.29) is 6.61 Å². The third-order valence-corrected chi connectivity index (χ3v) is 1.57. The van der Waals surface area contributed by atoms with E-state index >= 15 is 0 Å². The Labute approximate surface area is 96.5 Å². The van der Waals surface area contributed by atoms with Gasteiger partial charge in [0.1, 0.15) is 18.5 Å². The molecule has 0 aromatic rings. The number of ether oxygens (including phenoxy) is 2. The molecule has 94 valence electrons. The van der Waals surface area contributed by atoms with Gasteiger partial charge in [0.15, 0.2) is 0 Å². The Bertz CT molecular complexity index is 211. The zero-order valence-corrected chi connectivity index (χ0v) is 10.2. The normalized spacial score (nSPS) is 10.9. The number of carbonyl (C=O) groups excluding carboxylic acids is 2. The molecule has 0 saturated heterocycles. The molecule has 0 rings (SSSR count). The van der Waals surface area contributed by atoms with Crippen LogP contribution in [0.1, 0.15) is 33.6 Å². The molecule has 1 amide bonds. The van der Waals surface area contributed by atoms with Crippen LogP contribution in [-0.2, 0) is 14.3 Å². The molecule has 5 nitrogen and oxygen atoms in total. The zero-order chi connectivity index (χ0) is 12.4. The van der Waals surface area contributed by atoms with Gasteiger partial charge < -0.3 is 19.6 Å². The topological polar surface area (TPSA) is 64.6 Å². The van der Waals surface area contributed by atoms with Crippen molar-refractivity contribution in [2.75, 3.05) is 19.8 Å². The van der Waals surface area contributed by atoms with Crippen LogP contribution < -0.4 is 5.32 Å². The van der Waals surface area contributed by atoms with Crippen LogP contribution in [-0.4, -0.2) is 37.7 Å². The lowest BCUT2D eigenvalue weighted by Crippen LogP contribution is -2.33. The van der Waals surface area contributed by atoms with Crippen molar-refractivity contribution >= 4 is 12.4 Å². The number of carbonyl (C=O) groups is 2. The van der Waals surface area contributed by atoms with Crippen molar-refractivity contribution in [2.45, 2.75) is 39.2 Å². The minimum atomic E-state index is -0.461. The van der Waals surface area contributed by atoms with E-state index in [1.165, 1.54) is 0 Å². The van der Waals surface area contributed by atoms with Crippen LogP contribution in [0.4, 0.5) is 4.79 Å². The fourth-order valence-electron chi connectivity index (χ4n) is 0.965. The van der Waals surface area contributed by atoms with Crippen LogP contribution in [0.15, 0.2) is 0 Å². The number of hydrogen-bond donors (Lipinski definition) is 1. The van der Waals surface area contributed by atoms with Gasteiger partial charge in [-0.3, -0.25) is 0 Å². The second-order valence-electron chi connectivity index (χ2n) is 4.38. The predicted octanol–water partition coefficient (Wildman–Crippen LogP) is 1.51. The van der Waals surface area contributed by atoms with Crippen molar-refractivity contribution in [1.82, 2.24) is 5.32 Å². The van der Waals surface area contributed by atoms with Crippen molar-refractivity contribution in [2.24, 2.45) is 0 Å². The molecule has 0 unspecified atom stereocenters. The lowest BCUT2D eigenvalue weighted by atomic mass is 10.2. The summed E-state index contributed by atoms with van der Waals surface area (Å²) >= 11 is 0. The van der Waals surface area contributed by atoms with Gasteiger partial charge in [-0.15, -0.1) is 0 Å². The van der Waals surface area contributed by atoms with Crippen molar-refractivity contribution in [3.8, 4) is 0 Å². The van der Waals surface area contributed by atoms with E-state index < -0.39 is 11.7 Å². The Morgan fingerprint density at radius 1 is 1.31 bits per heavy atom. The molecular formula is C11H21NO4. The maximum Gasteiger partial charge on any atom is 0.407 e. The summed E-state index contributed by atoms with van der Waals surface area (Å²) in [6, 6.07) is 0. The molecule has 1 N–H and O–H groups in total. The van der Waals surface area contributed by atoms with E-state index in [9.17, 15) is 9.59 Å². The SMILES string of the molecule is CC(C)(C)OC(=O)NCCCCOCC=O. The number of nitrogens with one attached hydrogen (secondary N) is 1. The summed E-state index contributed by atoms with van der Waals surface area (Å²) in [5.41, 5.74) is -0.461. The highest BCUT2D eigenvalue weighted by Gasteiger charge is 2.15. The molecular weight excluding hydrogens is 210 g/mol. The van der Waals surface area contributed by atoms with E-state index in [2.05, 4.69) is 5.32 Å². The van der Waals surface area contributed by atoms with Gasteiger partial charge in [0.2, 0.25) is 0 Å². The molecule has 0 fully saturated rings. The molecule has 16 heavy (non-hydrogen) atoms. The third kappa shape index (κ3) is 11.0. The summed E-state index contributed by atoms with van der Waals surface area (Å²) in [7, 11) is 0. The summed E-state index contributed by atoms with van der Waals surface area (Å²) in [5, 5.41) is 2.64. The summed E-state index contributed by atoms with van der Waals surface area (Å²) in [5.74, 6) is 0. The Morgan fingerprint density at radius 3 is 2.56 bits per heavy atom. The minimum absolute atomic E-state index is 0.138. The first-order valence-electron chi connectivity index (χ1n) is 5.44. The van der Waals surface area contributed by atoms with E-state index in [1.807, 2.05) is 20.8 Å². The number of amides is 1. The molecule has 0 bridgehead atoms. The van der Waals surface area contributed by atoms with Gasteiger partial charge >= 0.3 is 6.09 Å². The second kappa shape index (κ2) is 8.10. The van der Waals surface area contributed by atoms with Crippen LogP contribution in [0.3, 0.4) is 0 Å². The number of unbranched alkanes of at least 4 members (excludes halogenated alkanes) is 1.